The van der Waals surface area contributed by atoms with Gasteiger partial charge in [0.25, 0.3) is 0 Å². The number of aryl methyl sites for hydroxylation is 2. The Morgan fingerprint density at radius 3 is 3.20 bits per heavy atom. The summed E-state index contributed by atoms with van der Waals surface area (Å²) in [7, 11) is 0. The van der Waals surface area contributed by atoms with Gasteiger partial charge in [-0.3, -0.25) is 4.79 Å². The number of carboxylic acid groups (broad SMARTS) is 1. The van der Waals surface area contributed by atoms with Crippen molar-refractivity contribution in [3.05, 3.63) is 17.5 Å². The highest BCUT2D eigenvalue weighted by atomic mass is 16.4. The third-order valence-corrected chi connectivity index (χ3v) is 2.44. The molecule has 0 atom stereocenters. The fourth-order valence-electron chi connectivity index (χ4n) is 1.68. The second-order valence-corrected chi connectivity index (χ2v) is 3.59. The Kier molecular flexibility index (Phi) is 2.80. The maximum absolute atomic E-state index is 10.3. The molecule has 80 valence electrons. The number of carbonyl (C=O) groups is 1. The Morgan fingerprint density at radius 1 is 1.53 bits per heavy atom. The fourth-order valence-corrected chi connectivity index (χ4v) is 1.68. The molecule has 2 N–H and O–H groups in total. The lowest BCUT2D eigenvalue weighted by Gasteiger charge is -2.04. The summed E-state index contributed by atoms with van der Waals surface area (Å²) in [4.78, 5) is 18.8. The van der Waals surface area contributed by atoms with Gasteiger partial charge in [0.2, 0.25) is 5.95 Å². The van der Waals surface area contributed by atoms with Crippen molar-refractivity contribution < 1.29 is 9.90 Å². The zero-order valence-electron chi connectivity index (χ0n) is 8.36. The number of nitrogens with one attached hydrogen (secondary N) is 1. The Bertz CT molecular complexity index is 379. The molecule has 0 radical (unpaired) electrons. The van der Waals surface area contributed by atoms with Crippen LogP contribution in [-0.2, 0) is 17.6 Å². The molecule has 0 saturated heterocycles. The summed E-state index contributed by atoms with van der Waals surface area (Å²) >= 11 is 0. The molecule has 0 aromatic carbocycles. The Labute approximate surface area is 87.6 Å². The molecule has 1 aliphatic carbocycles. The van der Waals surface area contributed by atoms with Crippen LogP contribution in [0.5, 0.6) is 0 Å². The predicted octanol–water partition coefficient (Wildman–Crippen LogP) is 0.852. The van der Waals surface area contributed by atoms with E-state index >= 15 is 0 Å². The molecule has 0 bridgehead atoms. The van der Waals surface area contributed by atoms with Gasteiger partial charge in [0.05, 0.1) is 6.42 Å². The van der Waals surface area contributed by atoms with Gasteiger partial charge >= 0.3 is 5.97 Å². The zero-order chi connectivity index (χ0) is 10.7. The molecule has 5 nitrogen and oxygen atoms in total. The van der Waals surface area contributed by atoms with Crippen molar-refractivity contribution in [2.75, 3.05) is 11.9 Å². The number of aromatic nitrogens is 2. The van der Waals surface area contributed by atoms with E-state index in [0.29, 0.717) is 12.5 Å². The first-order valence-electron chi connectivity index (χ1n) is 5.06. The van der Waals surface area contributed by atoms with Crippen LogP contribution in [0.4, 0.5) is 5.95 Å². The van der Waals surface area contributed by atoms with Gasteiger partial charge in [-0.15, -0.1) is 0 Å². The minimum Gasteiger partial charge on any atom is -0.481 e. The first kappa shape index (κ1) is 9.89. The molecule has 2 rings (SSSR count). The van der Waals surface area contributed by atoms with Crippen LogP contribution in [0.3, 0.4) is 0 Å². The summed E-state index contributed by atoms with van der Waals surface area (Å²) in [6.45, 7) is 0.369. The monoisotopic (exact) mass is 207 g/mol. The van der Waals surface area contributed by atoms with Crippen LogP contribution in [0.1, 0.15) is 24.1 Å². The van der Waals surface area contributed by atoms with Gasteiger partial charge < -0.3 is 10.4 Å². The Morgan fingerprint density at radius 2 is 2.40 bits per heavy atom. The van der Waals surface area contributed by atoms with Crippen LogP contribution in [0.25, 0.3) is 0 Å². The zero-order valence-corrected chi connectivity index (χ0v) is 8.36. The SMILES string of the molecule is O=C(O)CCNc1ncc2c(n1)CCC2. The largest absolute Gasteiger partial charge is 0.481 e. The molecule has 0 amide bonds. The Hall–Kier alpha value is -1.65. The predicted molar refractivity (Wildman–Crippen MR) is 54.8 cm³/mol. The number of hydrogen-bond donors (Lipinski definition) is 2. The normalized spacial score (nSPS) is 13.6. The molecule has 0 saturated carbocycles. The van der Waals surface area contributed by atoms with Crippen molar-refractivity contribution in [3.8, 4) is 0 Å². The van der Waals surface area contributed by atoms with Gasteiger partial charge in [-0.1, -0.05) is 0 Å². The topological polar surface area (TPSA) is 75.1 Å². The van der Waals surface area contributed by atoms with Crippen molar-refractivity contribution in [1.82, 2.24) is 9.97 Å². The van der Waals surface area contributed by atoms with E-state index in [1.807, 2.05) is 6.20 Å². The number of carboxylic acids is 1. The van der Waals surface area contributed by atoms with Gasteiger partial charge in [0.15, 0.2) is 0 Å². The van der Waals surface area contributed by atoms with Crippen LogP contribution in [0.2, 0.25) is 0 Å². The minimum absolute atomic E-state index is 0.0838. The molecule has 0 aliphatic heterocycles. The van der Waals surface area contributed by atoms with Crippen LogP contribution in [-0.4, -0.2) is 27.6 Å². The average molecular weight is 207 g/mol. The number of aliphatic carboxylic acids is 1. The molecule has 1 heterocycles. The first-order valence-corrected chi connectivity index (χ1v) is 5.06. The van der Waals surface area contributed by atoms with Crippen molar-refractivity contribution in [3.63, 3.8) is 0 Å². The van der Waals surface area contributed by atoms with E-state index in [0.717, 1.165) is 25.0 Å². The lowest BCUT2D eigenvalue weighted by atomic mass is 10.3. The molecule has 15 heavy (non-hydrogen) atoms. The third-order valence-electron chi connectivity index (χ3n) is 2.44. The number of rotatable bonds is 4. The van der Waals surface area contributed by atoms with Gasteiger partial charge in [-0.2, -0.15) is 0 Å². The summed E-state index contributed by atoms with van der Waals surface area (Å²) in [5.74, 6) is -0.277. The van der Waals surface area contributed by atoms with Crippen LogP contribution in [0, 0.1) is 0 Å². The van der Waals surface area contributed by atoms with Crippen molar-refractivity contribution >= 4 is 11.9 Å². The highest BCUT2D eigenvalue weighted by Crippen LogP contribution is 2.19. The summed E-state index contributed by atoms with van der Waals surface area (Å²) in [6.07, 6.45) is 5.12. The number of fused-ring (bicyclic) bond motifs is 1. The average Bonchev–Trinajstić information content (AvgIpc) is 2.64. The number of anilines is 1. The molecular weight excluding hydrogens is 194 g/mol. The quantitative estimate of drug-likeness (QED) is 0.765. The highest BCUT2D eigenvalue weighted by molar-refractivity contribution is 5.67. The number of hydrogen-bond acceptors (Lipinski definition) is 4. The van der Waals surface area contributed by atoms with E-state index in [1.165, 1.54) is 5.56 Å². The molecule has 1 aromatic heterocycles. The standard InChI is InChI=1S/C10H13N3O2/c14-9(15)4-5-11-10-12-6-7-2-1-3-8(7)13-10/h6H,1-5H2,(H,14,15)(H,11,12,13). The molecule has 1 aliphatic rings. The fraction of sp³-hybridized carbons (Fsp3) is 0.500. The first-order chi connectivity index (χ1) is 7.25. The van der Waals surface area contributed by atoms with Crippen molar-refractivity contribution in [2.24, 2.45) is 0 Å². The highest BCUT2D eigenvalue weighted by Gasteiger charge is 2.13. The van der Waals surface area contributed by atoms with Crippen LogP contribution in [0.15, 0.2) is 6.20 Å². The van der Waals surface area contributed by atoms with E-state index in [-0.39, 0.29) is 6.42 Å². The second-order valence-electron chi connectivity index (χ2n) is 3.59. The molecule has 0 fully saturated rings. The molecule has 0 unspecified atom stereocenters. The summed E-state index contributed by atoms with van der Waals surface area (Å²) in [6, 6.07) is 0. The summed E-state index contributed by atoms with van der Waals surface area (Å²) < 4.78 is 0. The maximum Gasteiger partial charge on any atom is 0.305 e. The third kappa shape index (κ3) is 2.43. The summed E-state index contributed by atoms with van der Waals surface area (Å²) in [5, 5.41) is 11.4. The van der Waals surface area contributed by atoms with E-state index in [9.17, 15) is 4.79 Å². The molecular formula is C10H13N3O2. The smallest absolute Gasteiger partial charge is 0.305 e. The van der Waals surface area contributed by atoms with E-state index in [2.05, 4.69) is 15.3 Å². The number of nitrogens with zero attached hydrogens (tertiary/aromatic N) is 2. The summed E-state index contributed by atoms with van der Waals surface area (Å²) in [5.41, 5.74) is 2.32. The van der Waals surface area contributed by atoms with E-state index in [1.54, 1.807) is 0 Å². The lowest BCUT2D eigenvalue weighted by molar-refractivity contribution is -0.136. The van der Waals surface area contributed by atoms with E-state index < -0.39 is 5.97 Å². The molecule has 5 heteroatoms. The van der Waals surface area contributed by atoms with Gasteiger partial charge in [0, 0.05) is 18.4 Å². The van der Waals surface area contributed by atoms with Crippen LogP contribution < -0.4 is 5.32 Å². The van der Waals surface area contributed by atoms with Crippen molar-refractivity contribution in [1.29, 1.82) is 0 Å². The van der Waals surface area contributed by atoms with Gasteiger partial charge in [-0.05, 0) is 24.8 Å². The minimum atomic E-state index is -0.816. The van der Waals surface area contributed by atoms with Crippen LogP contribution >= 0.6 is 0 Å². The molecule has 0 spiro atoms. The van der Waals surface area contributed by atoms with E-state index in [4.69, 9.17) is 5.11 Å². The Balaban J connectivity index is 1.95. The maximum atomic E-state index is 10.3. The van der Waals surface area contributed by atoms with Gasteiger partial charge in [0.1, 0.15) is 0 Å². The molecule has 1 aromatic rings. The van der Waals surface area contributed by atoms with Gasteiger partial charge in [-0.25, -0.2) is 9.97 Å². The lowest BCUT2D eigenvalue weighted by Crippen LogP contribution is -2.10. The van der Waals surface area contributed by atoms with Crippen molar-refractivity contribution in [2.45, 2.75) is 25.7 Å². The second kappa shape index (κ2) is 4.25.